The highest BCUT2D eigenvalue weighted by atomic mass is 32.2. The number of nitrogens with zero attached hydrogens (tertiary/aromatic N) is 1. The maximum absolute atomic E-state index is 12.0. The monoisotopic (exact) mass is 388 g/mol. The molecule has 0 fully saturated rings. The summed E-state index contributed by atoms with van der Waals surface area (Å²) in [6, 6.07) is 12.6. The maximum Gasteiger partial charge on any atom is 0.345 e. The molecule has 0 aliphatic rings. The minimum absolute atomic E-state index is 0.0243. The molecule has 1 heterocycles. The molecule has 0 aliphatic heterocycles. The molecule has 0 spiro atoms. The SMILES string of the molecule is C/C(=N/O)c1cc2ccc(OCc3ccc(S(N)(=O)=O)cc3)cc2oc1=O. The van der Waals surface area contributed by atoms with Crippen LogP contribution in [0.1, 0.15) is 18.1 Å². The first-order chi connectivity index (χ1) is 12.8. The van der Waals surface area contributed by atoms with Gasteiger partial charge in [0.1, 0.15) is 17.9 Å². The van der Waals surface area contributed by atoms with Gasteiger partial charge in [0.25, 0.3) is 0 Å². The second-order valence-corrected chi connectivity index (χ2v) is 7.37. The molecule has 0 aliphatic carbocycles. The van der Waals surface area contributed by atoms with Crippen LogP contribution in [0.15, 0.2) is 67.8 Å². The lowest BCUT2D eigenvalue weighted by Gasteiger charge is -2.08. The number of nitrogens with two attached hydrogens (primary N) is 1. The summed E-state index contributed by atoms with van der Waals surface area (Å²) in [6.45, 7) is 1.69. The Morgan fingerprint density at radius 2 is 1.89 bits per heavy atom. The van der Waals surface area contributed by atoms with Crippen molar-refractivity contribution in [2.75, 3.05) is 0 Å². The van der Waals surface area contributed by atoms with E-state index in [0.717, 1.165) is 5.56 Å². The molecule has 0 amide bonds. The normalized spacial score (nSPS) is 12.3. The number of rotatable bonds is 5. The Balaban J connectivity index is 1.81. The van der Waals surface area contributed by atoms with Gasteiger partial charge < -0.3 is 14.4 Å². The molecule has 2 aromatic carbocycles. The molecule has 0 atom stereocenters. The third-order valence-corrected chi connectivity index (χ3v) is 4.83. The smallest absolute Gasteiger partial charge is 0.345 e. The van der Waals surface area contributed by atoms with E-state index in [1.165, 1.54) is 19.1 Å². The lowest BCUT2D eigenvalue weighted by molar-refractivity contribution is 0.306. The van der Waals surface area contributed by atoms with Gasteiger partial charge in [-0.2, -0.15) is 0 Å². The largest absolute Gasteiger partial charge is 0.489 e. The summed E-state index contributed by atoms with van der Waals surface area (Å²) in [5, 5.41) is 17.5. The molecule has 8 nitrogen and oxygen atoms in total. The molecule has 3 N–H and O–H groups in total. The Morgan fingerprint density at radius 3 is 2.52 bits per heavy atom. The second-order valence-electron chi connectivity index (χ2n) is 5.81. The van der Waals surface area contributed by atoms with Crippen LogP contribution < -0.4 is 15.5 Å². The van der Waals surface area contributed by atoms with Crippen LogP contribution in [0.4, 0.5) is 0 Å². The Bertz CT molecular complexity index is 1180. The molecule has 3 aromatic rings. The first-order valence-corrected chi connectivity index (χ1v) is 9.34. The number of ether oxygens (including phenoxy) is 1. The molecular weight excluding hydrogens is 372 g/mol. The molecule has 0 radical (unpaired) electrons. The zero-order valence-electron chi connectivity index (χ0n) is 14.2. The molecule has 1 aromatic heterocycles. The number of fused-ring (bicyclic) bond motifs is 1. The van der Waals surface area contributed by atoms with E-state index in [2.05, 4.69) is 5.16 Å². The standard InChI is InChI=1S/C18H16N2O6S/c1-11(20-22)16-8-13-4-5-14(9-17(13)26-18(16)21)25-10-12-2-6-15(7-3-12)27(19,23)24/h2-9,22H,10H2,1H3,(H2,19,23,24)/b20-11-. The fourth-order valence-corrected chi connectivity index (χ4v) is 2.94. The van der Waals surface area contributed by atoms with Crippen LogP contribution in [0.2, 0.25) is 0 Å². The van der Waals surface area contributed by atoms with E-state index in [-0.39, 0.29) is 22.8 Å². The first-order valence-electron chi connectivity index (χ1n) is 7.79. The van der Waals surface area contributed by atoms with E-state index < -0.39 is 15.6 Å². The van der Waals surface area contributed by atoms with Crippen molar-refractivity contribution in [1.82, 2.24) is 0 Å². The highest BCUT2D eigenvalue weighted by molar-refractivity contribution is 7.89. The summed E-state index contributed by atoms with van der Waals surface area (Å²) in [4.78, 5) is 12.0. The number of hydrogen-bond acceptors (Lipinski definition) is 7. The van der Waals surface area contributed by atoms with E-state index in [1.54, 1.807) is 36.4 Å². The lowest BCUT2D eigenvalue weighted by atomic mass is 10.1. The number of oxime groups is 1. The topological polar surface area (TPSA) is 132 Å². The van der Waals surface area contributed by atoms with Gasteiger partial charge in [0.15, 0.2) is 0 Å². The summed E-state index contributed by atoms with van der Waals surface area (Å²) < 4.78 is 33.4. The van der Waals surface area contributed by atoms with Gasteiger partial charge in [-0.3, -0.25) is 0 Å². The van der Waals surface area contributed by atoms with Crippen LogP contribution in [0.25, 0.3) is 11.0 Å². The van der Waals surface area contributed by atoms with Gasteiger partial charge in [0, 0.05) is 11.5 Å². The third-order valence-electron chi connectivity index (χ3n) is 3.90. The second kappa shape index (κ2) is 7.22. The minimum Gasteiger partial charge on any atom is -0.489 e. The van der Waals surface area contributed by atoms with Gasteiger partial charge in [-0.15, -0.1) is 0 Å². The van der Waals surface area contributed by atoms with Crippen molar-refractivity contribution >= 4 is 26.7 Å². The molecule has 0 saturated heterocycles. The van der Waals surface area contributed by atoms with Gasteiger partial charge in [0.2, 0.25) is 10.0 Å². The van der Waals surface area contributed by atoms with Crippen LogP contribution in [-0.4, -0.2) is 19.3 Å². The van der Waals surface area contributed by atoms with Crippen molar-refractivity contribution in [3.8, 4) is 5.75 Å². The molecule has 0 bridgehead atoms. The van der Waals surface area contributed by atoms with Crippen LogP contribution in [0.5, 0.6) is 5.75 Å². The Morgan fingerprint density at radius 1 is 1.19 bits per heavy atom. The van der Waals surface area contributed by atoms with E-state index >= 15 is 0 Å². The van der Waals surface area contributed by atoms with Crippen molar-refractivity contribution in [2.45, 2.75) is 18.4 Å². The zero-order valence-corrected chi connectivity index (χ0v) is 15.1. The zero-order chi connectivity index (χ0) is 19.6. The van der Waals surface area contributed by atoms with Crippen molar-refractivity contribution in [1.29, 1.82) is 0 Å². The Labute approximate surface area is 154 Å². The van der Waals surface area contributed by atoms with Crippen LogP contribution in [-0.2, 0) is 16.6 Å². The summed E-state index contributed by atoms with van der Waals surface area (Å²) in [7, 11) is -3.73. The van der Waals surface area contributed by atoms with E-state index in [0.29, 0.717) is 16.7 Å². The Hall–Kier alpha value is -3.17. The number of hydrogen-bond donors (Lipinski definition) is 2. The highest BCUT2D eigenvalue weighted by Crippen LogP contribution is 2.22. The summed E-state index contributed by atoms with van der Waals surface area (Å²) in [5.74, 6) is 0.474. The fraction of sp³-hybridized carbons (Fsp3) is 0.111. The van der Waals surface area contributed by atoms with Crippen molar-refractivity contribution < 1.29 is 22.8 Å². The number of benzene rings is 2. The number of sulfonamides is 1. The first kappa shape index (κ1) is 18.6. The lowest BCUT2D eigenvalue weighted by Crippen LogP contribution is -2.12. The van der Waals surface area contributed by atoms with Crippen LogP contribution in [0.3, 0.4) is 0 Å². The molecule has 27 heavy (non-hydrogen) atoms. The molecule has 9 heteroatoms. The molecule has 140 valence electrons. The van der Waals surface area contributed by atoms with Gasteiger partial charge in [-0.1, -0.05) is 17.3 Å². The average molecular weight is 388 g/mol. The minimum atomic E-state index is -3.73. The maximum atomic E-state index is 12.0. The summed E-state index contributed by atoms with van der Waals surface area (Å²) >= 11 is 0. The predicted octanol–water partition coefficient (Wildman–Crippen LogP) is 2.22. The molecule has 3 rings (SSSR count). The Kier molecular flexibility index (Phi) is 4.98. The van der Waals surface area contributed by atoms with Gasteiger partial charge >= 0.3 is 5.63 Å². The number of primary sulfonamides is 1. The van der Waals surface area contributed by atoms with Gasteiger partial charge in [-0.05, 0) is 42.8 Å². The van der Waals surface area contributed by atoms with Crippen molar-refractivity contribution in [3.63, 3.8) is 0 Å². The van der Waals surface area contributed by atoms with Gasteiger partial charge in [-0.25, -0.2) is 18.4 Å². The molecule has 0 saturated carbocycles. The van der Waals surface area contributed by atoms with Crippen LogP contribution >= 0.6 is 0 Å². The summed E-state index contributed by atoms with van der Waals surface area (Å²) in [5.41, 5.74) is 0.793. The molecular formula is C18H16N2O6S. The predicted molar refractivity (Wildman–Crippen MR) is 98.6 cm³/mol. The van der Waals surface area contributed by atoms with Gasteiger partial charge in [0.05, 0.1) is 16.2 Å². The molecule has 0 unspecified atom stereocenters. The van der Waals surface area contributed by atoms with E-state index in [9.17, 15) is 13.2 Å². The highest BCUT2D eigenvalue weighted by Gasteiger charge is 2.10. The summed E-state index contributed by atoms with van der Waals surface area (Å²) in [6.07, 6.45) is 0. The van der Waals surface area contributed by atoms with E-state index in [4.69, 9.17) is 19.5 Å². The quantitative estimate of drug-likeness (QED) is 0.298. The fourth-order valence-electron chi connectivity index (χ4n) is 2.43. The van der Waals surface area contributed by atoms with Crippen LogP contribution in [0, 0.1) is 0 Å². The average Bonchev–Trinajstić information content (AvgIpc) is 2.64. The van der Waals surface area contributed by atoms with Crippen molar-refractivity contribution in [2.24, 2.45) is 10.3 Å². The third kappa shape index (κ3) is 4.15. The van der Waals surface area contributed by atoms with E-state index in [1.807, 2.05) is 0 Å². The van der Waals surface area contributed by atoms with Crippen molar-refractivity contribution in [3.05, 3.63) is 70.1 Å².